The van der Waals surface area contributed by atoms with Crippen molar-refractivity contribution in [1.29, 1.82) is 0 Å². The van der Waals surface area contributed by atoms with Crippen molar-refractivity contribution >= 4 is 35.0 Å². The van der Waals surface area contributed by atoms with Gasteiger partial charge in [-0.2, -0.15) is 0 Å². The SMILES string of the molecule is Cc1ccc(NC(=O)[C@H](C)OC(=O)/C=C/c2ccc(C)s2)c(C)c1. The molecular weight excluding hydrogens is 322 g/mol. The van der Waals surface area contributed by atoms with Gasteiger partial charge in [0.2, 0.25) is 0 Å². The van der Waals surface area contributed by atoms with Crippen LogP contribution in [0.3, 0.4) is 0 Å². The highest BCUT2D eigenvalue weighted by atomic mass is 32.1. The van der Waals surface area contributed by atoms with E-state index in [1.165, 1.54) is 11.0 Å². The fourth-order valence-electron chi connectivity index (χ4n) is 2.15. The van der Waals surface area contributed by atoms with Crippen LogP contribution in [0, 0.1) is 20.8 Å². The lowest BCUT2D eigenvalue weighted by molar-refractivity contribution is -0.148. The molecule has 1 amide bonds. The fraction of sp³-hybridized carbons (Fsp3) is 0.263. The minimum absolute atomic E-state index is 0.351. The van der Waals surface area contributed by atoms with E-state index in [9.17, 15) is 9.59 Å². The average molecular weight is 343 g/mol. The maximum atomic E-state index is 12.2. The third-order valence-corrected chi connectivity index (χ3v) is 4.41. The van der Waals surface area contributed by atoms with Crippen molar-refractivity contribution < 1.29 is 14.3 Å². The number of nitrogens with one attached hydrogen (secondary N) is 1. The summed E-state index contributed by atoms with van der Waals surface area (Å²) in [6.07, 6.45) is 2.16. The van der Waals surface area contributed by atoms with Gasteiger partial charge in [0.15, 0.2) is 6.10 Å². The van der Waals surface area contributed by atoms with Crippen molar-refractivity contribution in [2.75, 3.05) is 5.32 Å². The molecule has 1 aromatic carbocycles. The van der Waals surface area contributed by atoms with Crippen LogP contribution in [0.1, 0.15) is 27.8 Å². The van der Waals surface area contributed by atoms with E-state index in [0.717, 1.165) is 21.7 Å². The summed E-state index contributed by atoms with van der Waals surface area (Å²) in [6.45, 7) is 7.47. The minimum atomic E-state index is -0.868. The zero-order chi connectivity index (χ0) is 17.7. The largest absolute Gasteiger partial charge is 0.449 e. The van der Waals surface area contributed by atoms with Crippen LogP contribution in [0.4, 0.5) is 5.69 Å². The topological polar surface area (TPSA) is 55.4 Å². The maximum Gasteiger partial charge on any atom is 0.331 e. The van der Waals surface area contributed by atoms with E-state index < -0.39 is 12.1 Å². The Hall–Kier alpha value is -2.40. The Morgan fingerprint density at radius 2 is 1.92 bits per heavy atom. The molecule has 0 bridgehead atoms. The predicted octanol–water partition coefficient (Wildman–Crippen LogP) is 4.26. The highest BCUT2D eigenvalue weighted by molar-refractivity contribution is 7.12. The summed E-state index contributed by atoms with van der Waals surface area (Å²) in [5.41, 5.74) is 2.81. The molecule has 0 aliphatic rings. The quantitative estimate of drug-likeness (QED) is 0.652. The Morgan fingerprint density at radius 3 is 2.54 bits per heavy atom. The summed E-state index contributed by atoms with van der Waals surface area (Å²) in [5, 5.41) is 2.78. The number of anilines is 1. The second-order valence-electron chi connectivity index (χ2n) is 5.67. The van der Waals surface area contributed by atoms with E-state index in [-0.39, 0.29) is 5.91 Å². The minimum Gasteiger partial charge on any atom is -0.449 e. The van der Waals surface area contributed by atoms with Crippen LogP contribution in [-0.4, -0.2) is 18.0 Å². The van der Waals surface area contributed by atoms with Crippen molar-refractivity contribution in [2.45, 2.75) is 33.8 Å². The van der Waals surface area contributed by atoms with Crippen LogP contribution in [0.15, 0.2) is 36.4 Å². The molecule has 0 radical (unpaired) electrons. The van der Waals surface area contributed by atoms with E-state index in [2.05, 4.69) is 5.32 Å². The molecule has 2 rings (SSSR count). The Kier molecular flexibility index (Phi) is 5.93. The van der Waals surface area contributed by atoms with Crippen molar-refractivity contribution in [3.05, 3.63) is 57.3 Å². The van der Waals surface area contributed by atoms with Gasteiger partial charge in [-0.3, -0.25) is 4.79 Å². The summed E-state index contributed by atoms with van der Waals surface area (Å²) in [7, 11) is 0. The first-order valence-corrected chi connectivity index (χ1v) is 8.50. The first-order chi connectivity index (χ1) is 11.3. The average Bonchev–Trinajstić information content (AvgIpc) is 2.93. The first kappa shape index (κ1) is 17.9. The molecule has 126 valence electrons. The lowest BCUT2D eigenvalue weighted by Gasteiger charge is -2.14. The number of hydrogen-bond acceptors (Lipinski definition) is 4. The number of thiophene rings is 1. The Bertz CT molecular complexity index is 777. The fourth-order valence-corrected chi connectivity index (χ4v) is 2.93. The molecule has 0 aliphatic heterocycles. The van der Waals surface area contributed by atoms with Gasteiger partial charge in [-0.05, 0) is 57.5 Å². The van der Waals surface area contributed by atoms with Crippen LogP contribution < -0.4 is 5.32 Å². The van der Waals surface area contributed by atoms with Crippen molar-refractivity contribution in [3.63, 3.8) is 0 Å². The number of aryl methyl sites for hydroxylation is 3. The molecule has 2 aromatic rings. The number of carbonyl (C=O) groups is 2. The van der Waals surface area contributed by atoms with Crippen molar-refractivity contribution in [3.8, 4) is 0 Å². The van der Waals surface area contributed by atoms with Gasteiger partial charge in [0.25, 0.3) is 5.91 Å². The van der Waals surface area contributed by atoms with Crippen LogP contribution in [0.5, 0.6) is 0 Å². The van der Waals surface area contributed by atoms with E-state index >= 15 is 0 Å². The highest BCUT2D eigenvalue weighted by Crippen LogP contribution is 2.17. The summed E-state index contributed by atoms with van der Waals surface area (Å²) >= 11 is 1.59. The molecule has 1 atom stereocenters. The first-order valence-electron chi connectivity index (χ1n) is 7.68. The second-order valence-corrected chi connectivity index (χ2v) is 6.99. The van der Waals surface area contributed by atoms with Crippen LogP contribution in [0.2, 0.25) is 0 Å². The summed E-state index contributed by atoms with van der Waals surface area (Å²) in [4.78, 5) is 26.1. The number of carbonyl (C=O) groups excluding carboxylic acids is 2. The summed E-state index contributed by atoms with van der Waals surface area (Å²) in [6, 6.07) is 9.66. The lowest BCUT2D eigenvalue weighted by atomic mass is 10.1. The molecule has 24 heavy (non-hydrogen) atoms. The Morgan fingerprint density at radius 1 is 1.17 bits per heavy atom. The van der Waals surface area contributed by atoms with Gasteiger partial charge in [0, 0.05) is 21.5 Å². The zero-order valence-corrected chi connectivity index (χ0v) is 15.1. The third kappa shape index (κ3) is 5.06. The van der Waals surface area contributed by atoms with Gasteiger partial charge in [0.1, 0.15) is 0 Å². The number of esters is 1. The van der Waals surface area contributed by atoms with Gasteiger partial charge < -0.3 is 10.1 Å². The summed E-state index contributed by atoms with van der Waals surface area (Å²) < 4.78 is 5.14. The Labute approximate surface area is 146 Å². The zero-order valence-electron chi connectivity index (χ0n) is 14.3. The third-order valence-electron chi connectivity index (χ3n) is 3.45. The molecule has 1 N–H and O–H groups in total. The van der Waals surface area contributed by atoms with Gasteiger partial charge >= 0.3 is 5.97 Å². The monoisotopic (exact) mass is 343 g/mol. The van der Waals surface area contributed by atoms with Crippen LogP contribution >= 0.6 is 11.3 Å². The van der Waals surface area contributed by atoms with Gasteiger partial charge in [0.05, 0.1) is 0 Å². The molecule has 0 aliphatic carbocycles. The number of amides is 1. The van der Waals surface area contributed by atoms with E-state index in [4.69, 9.17) is 4.74 Å². The standard InChI is InChI=1S/C19H21NO3S/c1-12-5-9-17(13(2)11-12)20-19(22)15(4)23-18(21)10-8-16-7-6-14(3)24-16/h5-11,15H,1-4H3,(H,20,22)/b10-8+/t15-/m0/s1. The molecule has 0 unspecified atom stereocenters. The number of rotatable bonds is 5. The van der Waals surface area contributed by atoms with Crippen LogP contribution in [-0.2, 0) is 14.3 Å². The smallest absolute Gasteiger partial charge is 0.331 e. The highest BCUT2D eigenvalue weighted by Gasteiger charge is 2.17. The van der Waals surface area contributed by atoms with Crippen LogP contribution in [0.25, 0.3) is 6.08 Å². The molecule has 1 heterocycles. The molecule has 0 saturated carbocycles. The molecule has 0 saturated heterocycles. The maximum absolute atomic E-state index is 12.2. The number of hydrogen-bond donors (Lipinski definition) is 1. The van der Waals surface area contributed by atoms with Crippen molar-refractivity contribution in [1.82, 2.24) is 0 Å². The molecule has 0 spiro atoms. The second kappa shape index (κ2) is 7.93. The van der Waals surface area contributed by atoms with E-state index in [1.54, 1.807) is 24.3 Å². The van der Waals surface area contributed by atoms with Gasteiger partial charge in [-0.15, -0.1) is 11.3 Å². The molecule has 0 fully saturated rings. The molecular formula is C19H21NO3S. The predicted molar refractivity (Wildman–Crippen MR) is 98.2 cm³/mol. The van der Waals surface area contributed by atoms with E-state index in [0.29, 0.717) is 0 Å². The lowest BCUT2D eigenvalue weighted by Crippen LogP contribution is -2.29. The Balaban J connectivity index is 1.90. The number of ether oxygens (including phenoxy) is 1. The molecule has 4 nitrogen and oxygen atoms in total. The molecule has 1 aromatic heterocycles. The van der Waals surface area contributed by atoms with Gasteiger partial charge in [-0.25, -0.2) is 4.79 Å². The summed E-state index contributed by atoms with van der Waals surface area (Å²) in [5.74, 6) is -0.889. The van der Waals surface area contributed by atoms with Gasteiger partial charge in [-0.1, -0.05) is 17.7 Å². The normalized spacial score (nSPS) is 12.2. The van der Waals surface area contributed by atoms with E-state index in [1.807, 2.05) is 51.1 Å². The molecule has 5 heteroatoms. The number of benzene rings is 1. The van der Waals surface area contributed by atoms with Crippen molar-refractivity contribution in [2.24, 2.45) is 0 Å².